The molecule has 2 saturated heterocycles. The zero-order valence-corrected chi connectivity index (χ0v) is 27.5. The number of amides is 6. The number of hydrogen-bond donors (Lipinski definition) is 0. The number of carbonyl (C=O) groups is 3. The standard InChI is InChI=1S/C21H44N3O12Si3/c1-28-37(29-2,30-3)16-10-13-22-19(25)23(14-11-17-38(31-4,32-5)33-6)21(27)24(20(22)26)15-12-18(24)39(34-7,35-8)36-9/h18H,10-17H2,1-9H3/q+1. The predicted molar refractivity (Wildman–Crippen MR) is 142 cm³/mol. The van der Waals surface area contributed by atoms with Crippen LogP contribution < -0.4 is 0 Å². The third-order valence-corrected chi connectivity index (χ3v) is 16.7. The van der Waals surface area contributed by atoms with Gasteiger partial charge in [0.25, 0.3) is 0 Å². The van der Waals surface area contributed by atoms with Gasteiger partial charge < -0.3 is 39.8 Å². The van der Waals surface area contributed by atoms with E-state index in [0.717, 1.165) is 9.80 Å². The van der Waals surface area contributed by atoms with Crippen molar-refractivity contribution in [1.29, 1.82) is 0 Å². The largest absolute Gasteiger partial charge is 0.563 e. The third kappa shape index (κ3) is 6.08. The second-order valence-electron chi connectivity index (χ2n) is 9.06. The molecule has 1 atom stereocenters. The van der Waals surface area contributed by atoms with Crippen molar-refractivity contribution < 1.29 is 58.7 Å². The lowest BCUT2D eigenvalue weighted by molar-refractivity contribution is -0.839. The van der Waals surface area contributed by atoms with Crippen LogP contribution in [0.15, 0.2) is 0 Å². The van der Waals surface area contributed by atoms with Crippen molar-refractivity contribution in [2.45, 2.75) is 37.0 Å². The van der Waals surface area contributed by atoms with Gasteiger partial charge in [0.2, 0.25) is 0 Å². The van der Waals surface area contributed by atoms with E-state index in [2.05, 4.69) is 0 Å². The first-order valence-electron chi connectivity index (χ1n) is 12.6. The van der Waals surface area contributed by atoms with Crippen molar-refractivity contribution in [2.24, 2.45) is 0 Å². The van der Waals surface area contributed by atoms with Gasteiger partial charge >= 0.3 is 44.5 Å². The Balaban J connectivity index is 2.41. The molecule has 2 aliphatic heterocycles. The van der Waals surface area contributed by atoms with Gasteiger partial charge in [-0.3, -0.25) is 0 Å². The monoisotopic (exact) mass is 614 g/mol. The van der Waals surface area contributed by atoms with E-state index < -0.39 is 54.7 Å². The number of urea groups is 3. The predicted octanol–water partition coefficient (Wildman–Crippen LogP) is 1.51. The van der Waals surface area contributed by atoms with Gasteiger partial charge in [0.15, 0.2) is 5.67 Å². The van der Waals surface area contributed by atoms with Crippen LogP contribution >= 0.6 is 0 Å². The molecule has 0 radical (unpaired) electrons. The molecule has 2 rings (SSSR count). The molecule has 0 bridgehead atoms. The number of hydrogen-bond acceptors (Lipinski definition) is 12. The van der Waals surface area contributed by atoms with Crippen LogP contribution in [0.25, 0.3) is 0 Å². The highest BCUT2D eigenvalue weighted by Gasteiger charge is 2.75. The minimum Gasteiger partial charge on any atom is -0.377 e. The smallest absolute Gasteiger partial charge is 0.377 e. The Hall–Kier alpha value is -1.14. The topological polar surface area (TPSA) is 141 Å². The van der Waals surface area contributed by atoms with Gasteiger partial charge in [-0.25, -0.2) is 24.2 Å². The molecule has 2 fully saturated rings. The van der Waals surface area contributed by atoms with Gasteiger partial charge in [-0.05, 0) is 12.8 Å². The molecule has 0 saturated carbocycles. The van der Waals surface area contributed by atoms with Gasteiger partial charge in [0.1, 0.15) is 6.54 Å². The van der Waals surface area contributed by atoms with Crippen LogP contribution in [-0.2, 0) is 39.8 Å². The summed E-state index contributed by atoms with van der Waals surface area (Å²) in [5, 5.41) is 0. The molecule has 2 aliphatic rings. The molecule has 6 amide bonds. The van der Waals surface area contributed by atoms with Crippen LogP contribution in [0.3, 0.4) is 0 Å². The molecule has 0 aliphatic carbocycles. The van der Waals surface area contributed by atoms with Gasteiger partial charge in [0.05, 0.1) is 6.42 Å². The first-order chi connectivity index (χ1) is 18.6. The minimum atomic E-state index is -3.46. The summed E-state index contributed by atoms with van der Waals surface area (Å²) in [6, 6.07) is -1.23. The van der Waals surface area contributed by atoms with Crippen molar-refractivity contribution in [2.75, 3.05) is 83.6 Å². The normalized spacial score (nSPS) is 20.2. The summed E-state index contributed by atoms with van der Waals surface area (Å²) in [6.07, 6.45) is 1.15. The van der Waals surface area contributed by atoms with E-state index in [9.17, 15) is 14.4 Å². The molecule has 2 heterocycles. The van der Waals surface area contributed by atoms with Crippen LogP contribution in [0.5, 0.6) is 0 Å². The summed E-state index contributed by atoms with van der Waals surface area (Å²) in [5.74, 6) is 0. The zero-order chi connectivity index (χ0) is 29.5. The van der Waals surface area contributed by atoms with Gasteiger partial charge in [-0.2, -0.15) is 4.48 Å². The molecule has 1 unspecified atom stereocenters. The molecule has 18 heteroatoms. The van der Waals surface area contributed by atoms with E-state index >= 15 is 0 Å². The summed E-state index contributed by atoms with van der Waals surface area (Å²) in [4.78, 5) is 43.8. The van der Waals surface area contributed by atoms with Gasteiger partial charge in [-0.15, -0.1) is 0 Å². The lowest BCUT2D eigenvalue weighted by Crippen LogP contribution is -2.86. The van der Waals surface area contributed by atoms with Crippen LogP contribution in [0.2, 0.25) is 12.1 Å². The lowest BCUT2D eigenvalue weighted by Gasteiger charge is -2.54. The Kier molecular flexibility index (Phi) is 12.4. The molecule has 1 spiro atoms. The molecule has 0 aromatic carbocycles. The number of imide groups is 3. The van der Waals surface area contributed by atoms with Crippen LogP contribution in [0.1, 0.15) is 19.3 Å². The van der Waals surface area contributed by atoms with Crippen molar-refractivity contribution in [1.82, 2.24) is 9.80 Å². The molecule has 39 heavy (non-hydrogen) atoms. The summed E-state index contributed by atoms with van der Waals surface area (Å²) in [7, 11) is 3.92. The molecular weight excluding hydrogens is 570 g/mol. The number of carbonyl (C=O) groups excluding carboxylic acids is 3. The Labute approximate surface area is 233 Å². The first kappa shape index (κ1) is 34.1. The molecule has 0 aromatic heterocycles. The maximum Gasteiger partial charge on any atom is 0.563 e. The molecular formula is C21H44N3O12Si3+. The zero-order valence-electron chi connectivity index (χ0n) is 24.5. The Morgan fingerprint density at radius 3 is 1.26 bits per heavy atom. The molecule has 15 nitrogen and oxygen atoms in total. The van der Waals surface area contributed by atoms with Crippen LogP contribution in [0.4, 0.5) is 14.4 Å². The highest BCUT2D eigenvalue weighted by atomic mass is 28.4. The Bertz CT molecular complexity index is 784. The van der Waals surface area contributed by atoms with E-state index in [4.69, 9.17) is 39.8 Å². The highest BCUT2D eigenvalue weighted by molar-refractivity contribution is 6.62. The highest BCUT2D eigenvalue weighted by Crippen LogP contribution is 2.42. The van der Waals surface area contributed by atoms with Gasteiger partial charge in [0, 0.05) is 89.2 Å². The average Bonchev–Trinajstić information content (AvgIpc) is 2.95. The summed E-state index contributed by atoms with van der Waals surface area (Å²) < 4.78 is 49.2. The number of nitrogens with zero attached hydrogens (tertiary/aromatic N) is 3. The quantitative estimate of drug-likeness (QED) is 0.163. The van der Waals surface area contributed by atoms with E-state index in [1.807, 2.05) is 0 Å². The SMILES string of the molecule is CO[Si](CCCN1C(=O)N(CCC[Si](OC)(OC)OC)C(=O)[N+]2(CCC2[Si](OC)(OC)OC)C1=O)(OC)OC. The van der Waals surface area contributed by atoms with Crippen LogP contribution in [0, 0.1) is 0 Å². The van der Waals surface area contributed by atoms with Gasteiger partial charge in [-0.1, -0.05) is 0 Å². The molecule has 0 N–H and O–H groups in total. The fourth-order valence-corrected chi connectivity index (χ4v) is 11.4. The van der Waals surface area contributed by atoms with Crippen molar-refractivity contribution in [3.8, 4) is 0 Å². The second-order valence-corrected chi connectivity index (χ2v) is 18.3. The van der Waals surface area contributed by atoms with Crippen LogP contribution in [-0.4, -0.2) is 148 Å². The maximum absolute atomic E-state index is 14.0. The van der Waals surface area contributed by atoms with Crippen molar-refractivity contribution >= 4 is 44.5 Å². The Morgan fingerprint density at radius 2 is 1.00 bits per heavy atom. The summed E-state index contributed by atoms with van der Waals surface area (Å²) in [5.41, 5.74) is -0.702. The third-order valence-electron chi connectivity index (χ3n) is 7.75. The molecule has 0 aromatic rings. The fourth-order valence-electron chi connectivity index (χ4n) is 5.30. The van der Waals surface area contributed by atoms with E-state index in [1.54, 1.807) is 0 Å². The number of quaternary nitrogens is 1. The van der Waals surface area contributed by atoms with Crippen molar-refractivity contribution in [3.05, 3.63) is 0 Å². The average molecular weight is 615 g/mol. The number of rotatable bonds is 18. The van der Waals surface area contributed by atoms with E-state index in [-0.39, 0.29) is 19.6 Å². The van der Waals surface area contributed by atoms with E-state index in [0.29, 0.717) is 31.4 Å². The fraction of sp³-hybridized carbons (Fsp3) is 0.857. The van der Waals surface area contributed by atoms with E-state index in [1.165, 1.54) is 64.0 Å². The Morgan fingerprint density at radius 1 is 0.641 bits per heavy atom. The first-order valence-corrected chi connectivity index (χ1v) is 18.2. The summed E-state index contributed by atoms with van der Waals surface area (Å²) in [6.45, 7) is 0.258. The molecule has 226 valence electrons. The maximum atomic E-state index is 14.0. The second kappa shape index (κ2) is 14.2. The summed E-state index contributed by atoms with van der Waals surface area (Å²) >= 11 is 0. The minimum absolute atomic E-state index is 0.0351. The van der Waals surface area contributed by atoms with Crippen molar-refractivity contribution in [3.63, 3.8) is 0 Å². The lowest BCUT2D eigenvalue weighted by atomic mass is 10.1.